The maximum atomic E-state index is 13.0. The molecule has 1 aliphatic rings. The second-order valence-electron chi connectivity index (χ2n) is 7.34. The standard InChI is InChI=1S/C17H19BBrF3N2O2/c1-15(2)16(3,4)26-18(25-15)12-8-23-24(10-12)9-11-6-5-7-13(14(11)19)17(20,21)22/h5-8,10H,9H2,1-4H3. The Bertz CT molecular complexity index is 805. The molecule has 0 N–H and O–H groups in total. The normalized spacial score (nSPS) is 19.2. The molecule has 0 radical (unpaired) electrons. The van der Waals surface area contributed by atoms with E-state index < -0.39 is 30.1 Å². The van der Waals surface area contributed by atoms with Crippen LogP contribution in [0.4, 0.5) is 13.2 Å². The summed E-state index contributed by atoms with van der Waals surface area (Å²) < 4.78 is 52.6. The Balaban J connectivity index is 1.81. The SMILES string of the molecule is CC1(C)OB(c2cnn(Cc3cccc(C(F)(F)F)c3Br)c2)OC1(C)C. The molecule has 0 atom stereocenters. The van der Waals surface area contributed by atoms with Gasteiger partial charge in [-0.1, -0.05) is 12.1 Å². The van der Waals surface area contributed by atoms with E-state index in [2.05, 4.69) is 21.0 Å². The van der Waals surface area contributed by atoms with E-state index in [1.165, 1.54) is 6.07 Å². The third-order valence-electron chi connectivity index (χ3n) is 4.90. The first-order valence-corrected chi connectivity index (χ1v) is 8.92. The number of hydrogen-bond donors (Lipinski definition) is 0. The third-order valence-corrected chi connectivity index (χ3v) is 5.83. The van der Waals surface area contributed by atoms with Crippen LogP contribution in [0.5, 0.6) is 0 Å². The van der Waals surface area contributed by atoms with Crippen LogP contribution in [0.15, 0.2) is 35.1 Å². The van der Waals surface area contributed by atoms with Gasteiger partial charge in [0.1, 0.15) is 0 Å². The summed E-state index contributed by atoms with van der Waals surface area (Å²) in [5.74, 6) is 0. The van der Waals surface area contributed by atoms with E-state index in [9.17, 15) is 13.2 Å². The first-order valence-electron chi connectivity index (χ1n) is 8.13. The van der Waals surface area contributed by atoms with Gasteiger partial charge in [-0.05, 0) is 55.3 Å². The van der Waals surface area contributed by atoms with Gasteiger partial charge in [0.2, 0.25) is 0 Å². The molecule has 1 fully saturated rings. The van der Waals surface area contributed by atoms with Crippen molar-refractivity contribution in [3.8, 4) is 0 Å². The first-order chi connectivity index (χ1) is 11.9. The van der Waals surface area contributed by atoms with E-state index in [0.717, 1.165) is 11.5 Å². The van der Waals surface area contributed by atoms with Crippen molar-refractivity contribution >= 4 is 28.5 Å². The first kappa shape index (κ1) is 19.4. The molecule has 0 unspecified atom stereocenters. The topological polar surface area (TPSA) is 36.3 Å². The molecule has 0 aliphatic carbocycles. The van der Waals surface area contributed by atoms with Crippen LogP contribution in [0, 0.1) is 0 Å². The molecule has 3 rings (SSSR count). The Morgan fingerprint density at radius 1 is 1.15 bits per heavy atom. The Hall–Kier alpha value is -1.32. The average molecular weight is 431 g/mol. The highest BCUT2D eigenvalue weighted by atomic mass is 79.9. The van der Waals surface area contributed by atoms with E-state index in [0.29, 0.717) is 5.56 Å². The summed E-state index contributed by atoms with van der Waals surface area (Å²) in [5, 5.41) is 4.24. The van der Waals surface area contributed by atoms with Gasteiger partial charge in [0.05, 0.1) is 23.3 Å². The minimum Gasteiger partial charge on any atom is -0.399 e. The lowest BCUT2D eigenvalue weighted by Gasteiger charge is -2.32. The van der Waals surface area contributed by atoms with Crippen molar-refractivity contribution in [2.45, 2.75) is 51.6 Å². The molecular formula is C17H19BBrF3N2O2. The summed E-state index contributed by atoms with van der Waals surface area (Å²) >= 11 is 3.07. The molecular weight excluding hydrogens is 412 g/mol. The smallest absolute Gasteiger partial charge is 0.399 e. The molecule has 4 nitrogen and oxygen atoms in total. The number of benzene rings is 1. The number of rotatable bonds is 3. The second-order valence-corrected chi connectivity index (χ2v) is 8.13. The van der Waals surface area contributed by atoms with E-state index >= 15 is 0 Å². The van der Waals surface area contributed by atoms with E-state index in [-0.39, 0.29) is 11.0 Å². The lowest BCUT2D eigenvalue weighted by molar-refractivity contribution is -0.138. The van der Waals surface area contributed by atoms with Crippen molar-refractivity contribution in [2.75, 3.05) is 0 Å². The van der Waals surface area contributed by atoms with Gasteiger partial charge in [0.15, 0.2) is 0 Å². The van der Waals surface area contributed by atoms with Crippen LogP contribution in [0.25, 0.3) is 0 Å². The summed E-state index contributed by atoms with van der Waals surface area (Å²) in [6, 6.07) is 4.07. The van der Waals surface area contributed by atoms with Gasteiger partial charge in [-0.25, -0.2) is 0 Å². The number of alkyl halides is 3. The zero-order valence-electron chi connectivity index (χ0n) is 14.9. The molecule has 26 heavy (non-hydrogen) atoms. The van der Waals surface area contributed by atoms with Crippen molar-refractivity contribution < 1.29 is 22.5 Å². The quantitative estimate of drug-likeness (QED) is 0.690. The molecule has 140 valence electrons. The van der Waals surface area contributed by atoms with Crippen molar-refractivity contribution in [2.24, 2.45) is 0 Å². The minimum atomic E-state index is -4.41. The maximum absolute atomic E-state index is 13.0. The summed E-state index contributed by atoms with van der Waals surface area (Å²) in [7, 11) is -0.557. The third kappa shape index (κ3) is 3.57. The fraction of sp³-hybridized carbons (Fsp3) is 0.471. The molecule has 1 aliphatic heterocycles. The van der Waals surface area contributed by atoms with Gasteiger partial charge >= 0.3 is 13.3 Å². The Labute approximate surface area is 158 Å². The van der Waals surface area contributed by atoms with Gasteiger partial charge in [-0.2, -0.15) is 18.3 Å². The van der Waals surface area contributed by atoms with Gasteiger partial charge < -0.3 is 9.31 Å². The summed E-state index contributed by atoms with van der Waals surface area (Å²) in [6.07, 6.45) is -1.06. The lowest BCUT2D eigenvalue weighted by atomic mass is 9.82. The van der Waals surface area contributed by atoms with Crippen LogP contribution < -0.4 is 5.46 Å². The van der Waals surface area contributed by atoms with Crippen molar-refractivity contribution in [3.05, 3.63) is 46.2 Å². The molecule has 1 aromatic heterocycles. The predicted octanol–water partition coefficient (Wildman–Crippen LogP) is 4.01. The Kier molecular flexibility index (Phi) is 4.78. The predicted molar refractivity (Wildman–Crippen MR) is 96.2 cm³/mol. The van der Waals surface area contributed by atoms with Gasteiger partial charge in [0, 0.05) is 22.3 Å². The molecule has 2 aromatic rings. The maximum Gasteiger partial charge on any atom is 0.498 e. The van der Waals surface area contributed by atoms with Gasteiger partial charge in [-0.3, -0.25) is 4.68 Å². The fourth-order valence-corrected chi connectivity index (χ4v) is 3.28. The highest BCUT2D eigenvalue weighted by Crippen LogP contribution is 2.37. The largest absolute Gasteiger partial charge is 0.498 e. The number of nitrogens with zero attached hydrogens (tertiary/aromatic N) is 2. The molecule has 2 heterocycles. The fourth-order valence-electron chi connectivity index (χ4n) is 2.66. The molecule has 0 spiro atoms. The minimum absolute atomic E-state index is 0.0279. The van der Waals surface area contributed by atoms with Gasteiger partial charge in [0.25, 0.3) is 0 Å². The molecule has 0 saturated carbocycles. The zero-order chi connectivity index (χ0) is 19.3. The molecule has 0 amide bonds. The van der Waals surface area contributed by atoms with E-state index in [1.807, 2.05) is 27.7 Å². The van der Waals surface area contributed by atoms with Gasteiger partial charge in [-0.15, -0.1) is 0 Å². The molecule has 1 saturated heterocycles. The Morgan fingerprint density at radius 3 is 2.35 bits per heavy atom. The molecule has 9 heteroatoms. The highest BCUT2D eigenvalue weighted by Gasteiger charge is 2.52. The van der Waals surface area contributed by atoms with Crippen LogP contribution in [-0.4, -0.2) is 28.1 Å². The van der Waals surface area contributed by atoms with E-state index in [1.54, 1.807) is 23.1 Å². The second kappa shape index (κ2) is 6.39. The van der Waals surface area contributed by atoms with Crippen molar-refractivity contribution in [3.63, 3.8) is 0 Å². The number of aromatic nitrogens is 2. The van der Waals surface area contributed by atoms with Crippen molar-refractivity contribution in [1.82, 2.24) is 9.78 Å². The lowest BCUT2D eigenvalue weighted by Crippen LogP contribution is -2.41. The highest BCUT2D eigenvalue weighted by molar-refractivity contribution is 9.10. The van der Waals surface area contributed by atoms with E-state index in [4.69, 9.17) is 9.31 Å². The monoisotopic (exact) mass is 430 g/mol. The summed E-state index contributed by atoms with van der Waals surface area (Å²) in [6.45, 7) is 8.02. The van der Waals surface area contributed by atoms with Crippen LogP contribution >= 0.6 is 15.9 Å². The van der Waals surface area contributed by atoms with Crippen molar-refractivity contribution in [1.29, 1.82) is 0 Å². The number of halogens is 4. The van der Waals surface area contributed by atoms with Crippen LogP contribution in [0.3, 0.4) is 0 Å². The summed E-state index contributed by atoms with van der Waals surface area (Å²) in [4.78, 5) is 0. The average Bonchev–Trinajstić information content (AvgIpc) is 3.03. The van der Waals surface area contributed by atoms with Crippen LogP contribution in [0.2, 0.25) is 0 Å². The Morgan fingerprint density at radius 2 is 1.77 bits per heavy atom. The zero-order valence-corrected chi connectivity index (χ0v) is 16.5. The van der Waals surface area contributed by atoms with Crippen LogP contribution in [-0.2, 0) is 22.0 Å². The van der Waals surface area contributed by atoms with Crippen LogP contribution in [0.1, 0.15) is 38.8 Å². The number of hydrogen-bond acceptors (Lipinski definition) is 3. The molecule has 1 aromatic carbocycles. The summed E-state index contributed by atoms with van der Waals surface area (Å²) in [5.41, 5.74) is -0.420. The molecule has 0 bridgehead atoms.